The molecule has 0 fully saturated rings. The number of phenols is 1. The predicted octanol–water partition coefficient (Wildman–Crippen LogP) is 3.99. The van der Waals surface area contributed by atoms with Crippen molar-refractivity contribution in [2.45, 2.75) is 6.92 Å². The van der Waals surface area contributed by atoms with Crippen molar-refractivity contribution in [3.8, 4) is 11.5 Å². The number of rotatable bonds is 4. The first-order valence-electron chi connectivity index (χ1n) is 6.51. The van der Waals surface area contributed by atoms with Gasteiger partial charge in [0.1, 0.15) is 11.5 Å². The number of aliphatic carboxylic acids is 1. The van der Waals surface area contributed by atoms with E-state index in [1.807, 2.05) is 13.0 Å². The molecule has 0 amide bonds. The van der Waals surface area contributed by atoms with Crippen molar-refractivity contribution in [3.05, 3.63) is 58.1 Å². The van der Waals surface area contributed by atoms with Crippen LogP contribution in [0.1, 0.15) is 16.7 Å². The molecule has 0 saturated carbocycles. The van der Waals surface area contributed by atoms with Crippen molar-refractivity contribution in [3.63, 3.8) is 0 Å². The van der Waals surface area contributed by atoms with E-state index in [-0.39, 0.29) is 16.3 Å². The Bertz CT molecular complexity index is 750. The molecule has 0 aliphatic carbocycles. The van der Waals surface area contributed by atoms with Crippen LogP contribution >= 0.6 is 11.6 Å². The van der Waals surface area contributed by atoms with Gasteiger partial charge in [0.25, 0.3) is 0 Å². The van der Waals surface area contributed by atoms with E-state index in [2.05, 4.69) is 0 Å². The number of hydrogen-bond donors (Lipinski definition) is 2. The summed E-state index contributed by atoms with van der Waals surface area (Å²) in [5.41, 5.74) is 2.07. The molecule has 0 aromatic heterocycles. The lowest BCUT2D eigenvalue weighted by Gasteiger charge is -2.10. The third-order valence-corrected chi connectivity index (χ3v) is 3.46. The van der Waals surface area contributed by atoms with Crippen molar-refractivity contribution in [2.24, 2.45) is 0 Å². The number of carboxylic acid groups (broad SMARTS) is 1. The number of phenolic OH excluding ortho intramolecular Hbond substituents is 1. The fraction of sp³-hybridized carbons (Fsp3) is 0.118. The number of aryl methyl sites for hydroxylation is 1. The SMILES string of the molecule is COc1ccc(C)cc1/C(=C/c1ccc(O)c(Cl)c1)C(=O)O. The van der Waals surface area contributed by atoms with Crippen LogP contribution in [0.15, 0.2) is 36.4 Å². The van der Waals surface area contributed by atoms with Gasteiger partial charge in [-0.15, -0.1) is 0 Å². The standard InChI is InChI=1S/C17H15ClO4/c1-10-3-6-16(22-2)12(7-10)13(17(20)21)8-11-4-5-15(19)14(18)9-11/h3-9,19H,1-2H3,(H,20,21)/b13-8-. The maximum Gasteiger partial charge on any atom is 0.336 e. The average molecular weight is 319 g/mol. The van der Waals surface area contributed by atoms with Gasteiger partial charge in [-0.1, -0.05) is 29.3 Å². The van der Waals surface area contributed by atoms with Crippen LogP contribution in [0, 0.1) is 6.92 Å². The molecular formula is C17H15ClO4. The van der Waals surface area contributed by atoms with Gasteiger partial charge < -0.3 is 14.9 Å². The molecule has 0 heterocycles. The minimum atomic E-state index is -1.08. The molecular weight excluding hydrogens is 304 g/mol. The Balaban J connectivity index is 2.59. The smallest absolute Gasteiger partial charge is 0.336 e. The first kappa shape index (κ1) is 15.9. The Labute approximate surface area is 133 Å². The molecule has 0 aliphatic heterocycles. The zero-order valence-corrected chi connectivity index (χ0v) is 12.9. The Morgan fingerprint density at radius 3 is 2.55 bits per heavy atom. The number of benzene rings is 2. The molecule has 114 valence electrons. The monoisotopic (exact) mass is 318 g/mol. The maximum absolute atomic E-state index is 11.6. The van der Waals surface area contributed by atoms with Crippen LogP contribution < -0.4 is 4.74 Å². The lowest BCUT2D eigenvalue weighted by atomic mass is 10.00. The van der Waals surface area contributed by atoms with Crippen molar-refractivity contribution in [2.75, 3.05) is 7.11 Å². The number of carboxylic acids is 1. The molecule has 0 radical (unpaired) electrons. The van der Waals surface area contributed by atoms with Crippen LogP contribution in [-0.2, 0) is 4.79 Å². The number of aromatic hydroxyl groups is 1. The van der Waals surface area contributed by atoms with Crippen LogP contribution in [0.2, 0.25) is 5.02 Å². The third-order valence-electron chi connectivity index (χ3n) is 3.16. The number of ether oxygens (including phenoxy) is 1. The van der Waals surface area contributed by atoms with Gasteiger partial charge in [0.05, 0.1) is 17.7 Å². The summed E-state index contributed by atoms with van der Waals surface area (Å²) in [7, 11) is 1.49. The normalized spacial score (nSPS) is 11.3. The van der Waals surface area contributed by atoms with Crippen LogP contribution in [0.4, 0.5) is 0 Å². The summed E-state index contributed by atoms with van der Waals surface area (Å²) in [5.74, 6) is -0.652. The van der Waals surface area contributed by atoms with Crippen LogP contribution in [0.3, 0.4) is 0 Å². The first-order valence-corrected chi connectivity index (χ1v) is 6.88. The quantitative estimate of drug-likeness (QED) is 0.661. The zero-order valence-electron chi connectivity index (χ0n) is 12.1. The zero-order chi connectivity index (χ0) is 16.3. The number of halogens is 1. The van der Waals surface area contributed by atoms with E-state index in [4.69, 9.17) is 16.3 Å². The predicted molar refractivity (Wildman–Crippen MR) is 86.4 cm³/mol. The Morgan fingerprint density at radius 2 is 1.95 bits per heavy atom. The van der Waals surface area contributed by atoms with E-state index < -0.39 is 5.97 Å². The summed E-state index contributed by atoms with van der Waals surface area (Å²) in [5, 5.41) is 19.1. The number of carbonyl (C=O) groups is 1. The van der Waals surface area contributed by atoms with Gasteiger partial charge in [0.2, 0.25) is 0 Å². The van der Waals surface area contributed by atoms with Crippen molar-refractivity contribution in [1.29, 1.82) is 0 Å². The highest BCUT2D eigenvalue weighted by Gasteiger charge is 2.16. The van der Waals surface area contributed by atoms with Gasteiger partial charge in [0.15, 0.2) is 0 Å². The topological polar surface area (TPSA) is 66.8 Å². The molecule has 22 heavy (non-hydrogen) atoms. The number of methoxy groups -OCH3 is 1. The van der Waals surface area contributed by atoms with E-state index >= 15 is 0 Å². The lowest BCUT2D eigenvalue weighted by Crippen LogP contribution is -2.02. The van der Waals surface area contributed by atoms with Gasteiger partial charge in [-0.3, -0.25) is 0 Å². The summed E-state index contributed by atoms with van der Waals surface area (Å²) in [6.45, 7) is 1.87. The summed E-state index contributed by atoms with van der Waals surface area (Å²) in [6.07, 6.45) is 1.49. The molecule has 0 aliphatic rings. The molecule has 4 nitrogen and oxygen atoms in total. The molecule has 0 bridgehead atoms. The summed E-state index contributed by atoms with van der Waals surface area (Å²) >= 11 is 5.86. The Kier molecular flexibility index (Phi) is 4.73. The fourth-order valence-electron chi connectivity index (χ4n) is 2.07. The van der Waals surface area contributed by atoms with Crippen molar-refractivity contribution in [1.82, 2.24) is 0 Å². The van der Waals surface area contributed by atoms with Gasteiger partial charge in [-0.2, -0.15) is 0 Å². The van der Waals surface area contributed by atoms with E-state index in [9.17, 15) is 15.0 Å². The molecule has 2 aromatic rings. The highest BCUT2D eigenvalue weighted by molar-refractivity contribution is 6.32. The van der Waals surface area contributed by atoms with Gasteiger partial charge in [-0.25, -0.2) is 4.79 Å². The molecule has 5 heteroatoms. The van der Waals surface area contributed by atoms with Crippen molar-refractivity contribution >= 4 is 29.2 Å². The molecule has 0 saturated heterocycles. The second-order valence-corrected chi connectivity index (χ2v) is 5.18. The highest BCUT2D eigenvalue weighted by atomic mass is 35.5. The second-order valence-electron chi connectivity index (χ2n) is 4.78. The number of hydrogen-bond acceptors (Lipinski definition) is 3. The minimum Gasteiger partial charge on any atom is -0.506 e. The summed E-state index contributed by atoms with van der Waals surface area (Å²) in [6, 6.07) is 9.83. The molecule has 2 N–H and O–H groups in total. The van der Waals surface area contributed by atoms with Gasteiger partial charge in [-0.05, 0) is 42.8 Å². The molecule has 0 atom stereocenters. The Morgan fingerprint density at radius 1 is 1.23 bits per heavy atom. The highest BCUT2D eigenvalue weighted by Crippen LogP contribution is 2.31. The van der Waals surface area contributed by atoms with E-state index in [0.29, 0.717) is 16.9 Å². The molecule has 0 unspecified atom stereocenters. The van der Waals surface area contributed by atoms with Gasteiger partial charge >= 0.3 is 5.97 Å². The summed E-state index contributed by atoms with van der Waals surface area (Å²) in [4.78, 5) is 11.6. The average Bonchev–Trinajstić information content (AvgIpc) is 2.48. The van der Waals surface area contributed by atoms with Crippen LogP contribution in [-0.4, -0.2) is 23.3 Å². The lowest BCUT2D eigenvalue weighted by molar-refractivity contribution is -0.130. The fourth-order valence-corrected chi connectivity index (χ4v) is 2.26. The second kappa shape index (κ2) is 6.54. The van der Waals surface area contributed by atoms with Crippen LogP contribution in [0.25, 0.3) is 11.6 Å². The van der Waals surface area contributed by atoms with Gasteiger partial charge in [0, 0.05) is 5.56 Å². The Hall–Kier alpha value is -2.46. The molecule has 2 aromatic carbocycles. The maximum atomic E-state index is 11.6. The molecule has 0 spiro atoms. The van der Waals surface area contributed by atoms with E-state index in [0.717, 1.165) is 5.56 Å². The van der Waals surface area contributed by atoms with E-state index in [1.54, 1.807) is 18.2 Å². The largest absolute Gasteiger partial charge is 0.506 e. The summed E-state index contributed by atoms with van der Waals surface area (Å²) < 4.78 is 5.24. The van der Waals surface area contributed by atoms with E-state index in [1.165, 1.54) is 25.3 Å². The van der Waals surface area contributed by atoms with Crippen LogP contribution in [0.5, 0.6) is 11.5 Å². The van der Waals surface area contributed by atoms with Crippen molar-refractivity contribution < 1.29 is 19.7 Å². The molecule has 2 rings (SSSR count). The first-order chi connectivity index (χ1) is 10.4. The minimum absolute atomic E-state index is 0.0520. The third kappa shape index (κ3) is 3.40.